The molecule has 312 valence electrons. The predicted octanol–water partition coefficient (Wildman–Crippen LogP) is 17.6. The van der Waals surface area contributed by atoms with Gasteiger partial charge >= 0.3 is 0 Å². The number of rotatable bonds is 7. The van der Waals surface area contributed by atoms with Crippen molar-refractivity contribution in [3.05, 3.63) is 209 Å². The lowest BCUT2D eigenvalue weighted by Gasteiger charge is -2.49. The highest BCUT2D eigenvalue weighted by Crippen LogP contribution is 2.65. The van der Waals surface area contributed by atoms with Crippen LogP contribution in [-0.4, -0.2) is 0 Å². The zero-order valence-electron chi connectivity index (χ0n) is 37.2. The average Bonchev–Trinajstić information content (AvgIpc) is 3.60. The van der Waals surface area contributed by atoms with Crippen molar-refractivity contribution in [2.75, 3.05) is 4.90 Å². The molecule has 4 bridgehead atoms. The van der Waals surface area contributed by atoms with Crippen LogP contribution >= 0.6 is 0 Å². The molecular weight excluding hydrogens is 771 g/mol. The molecule has 8 aromatic carbocycles. The summed E-state index contributed by atoms with van der Waals surface area (Å²) >= 11 is 0. The zero-order valence-corrected chi connectivity index (χ0v) is 37.2. The number of benzene rings is 8. The fraction of sp³-hybridized carbons (Fsp3) is 0.238. The molecule has 0 aromatic heterocycles. The summed E-state index contributed by atoms with van der Waals surface area (Å²) in [4.78, 5) is 2.80. The van der Waals surface area contributed by atoms with E-state index in [9.17, 15) is 0 Å². The van der Waals surface area contributed by atoms with Crippen LogP contribution in [0.4, 0.5) is 17.1 Å². The van der Waals surface area contributed by atoms with E-state index in [0.717, 1.165) is 0 Å². The molecule has 2 fully saturated rings. The molecule has 64 heavy (non-hydrogen) atoms. The van der Waals surface area contributed by atoms with E-state index in [2.05, 4.69) is 195 Å². The number of hydrogen-bond donors (Lipinski definition) is 0. The van der Waals surface area contributed by atoms with Crippen LogP contribution in [0, 0.1) is 0 Å². The molecule has 7 aliphatic carbocycles. The van der Waals surface area contributed by atoms with Crippen molar-refractivity contribution in [3.8, 4) is 55.6 Å². The van der Waals surface area contributed by atoms with Gasteiger partial charge in [0.15, 0.2) is 0 Å². The number of nitrogens with zero attached hydrogens (tertiary/aromatic N) is 1. The summed E-state index contributed by atoms with van der Waals surface area (Å²) in [5, 5.41) is 0. The van der Waals surface area contributed by atoms with Crippen LogP contribution in [0.15, 0.2) is 176 Å². The third-order valence-electron chi connectivity index (χ3n) is 16.4. The SMILES string of the molecule is CC1(C)c2cc(N(c3cccc(-c4cccc(-c5ccccc5)c4)c3)c3c4c(c(-c5ccccc5)c5c3C3CCC5CC3)C3CCC4CC3)ccc2-c2c(-c3ccccc3)cccc21. The molecule has 2 saturated carbocycles. The van der Waals surface area contributed by atoms with E-state index in [4.69, 9.17) is 0 Å². The Hall–Kier alpha value is -6.44. The van der Waals surface area contributed by atoms with Gasteiger partial charge in [-0.3, -0.25) is 0 Å². The summed E-state index contributed by atoms with van der Waals surface area (Å²) in [6.07, 6.45) is 10.4. The first kappa shape index (κ1) is 38.1. The molecule has 0 atom stereocenters. The van der Waals surface area contributed by atoms with Gasteiger partial charge in [0.05, 0.1) is 5.69 Å². The molecule has 15 rings (SSSR count). The van der Waals surface area contributed by atoms with Crippen molar-refractivity contribution in [1.29, 1.82) is 0 Å². The minimum atomic E-state index is -0.162. The molecule has 8 aromatic rings. The lowest BCUT2D eigenvalue weighted by Crippen LogP contribution is -2.32. The Labute approximate surface area is 379 Å². The molecule has 0 saturated heterocycles. The second-order valence-electron chi connectivity index (χ2n) is 20.1. The first-order chi connectivity index (χ1) is 31.5. The highest BCUT2D eigenvalue weighted by Gasteiger charge is 2.46. The first-order valence-electron chi connectivity index (χ1n) is 24.2. The smallest absolute Gasteiger partial charge is 0.0537 e. The molecule has 0 unspecified atom stereocenters. The third-order valence-corrected chi connectivity index (χ3v) is 16.4. The first-order valence-corrected chi connectivity index (χ1v) is 24.2. The maximum Gasteiger partial charge on any atom is 0.0537 e. The number of anilines is 3. The molecule has 0 heterocycles. The zero-order chi connectivity index (χ0) is 42.5. The summed E-state index contributed by atoms with van der Waals surface area (Å²) in [5.74, 6) is 2.36. The van der Waals surface area contributed by atoms with Crippen LogP contribution in [0.25, 0.3) is 55.6 Å². The Kier molecular flexibility index (Phi) is 8.81. The van der Waals surface area contributed by atoms with Gasteiger partial charge in [-0.05, 0) is 194 Å². The van der Waals surface area contributed by atoms with Crippen molar-refractivity contribution in [2.24, 2.45) is 0 Å². The van der Waals surface area contributed by atoms with Crippen molar-refractivity contribution in [2.45, 2.75) is 94.3 Å². The average molecular weight is 826 g/mol. The van der Waals surface area contributed by atoms with Crippen LogP contribution in [0.5, 0.6) is 0 Å². The Morgan fingerprint density at radius 2 is 0.812 bits per heavy atom. The summed E-state index contributed by atoms with van der Waals surface area (Å²) in [6.45, 7) is 4.91. The molecule has 1 heteroatoms. The third kappa shape index (κ3) is 5.82. The second kappa shape index (κ2) is 14.8. The van der Waals surface area contributed by atoms with Crippen LogP contribution in [-0.2, 0) is 5.41 Å². The van der Waals surface area contributed by atoms with Crippen LogP contribution in [0.2, 0.25) is 0 Å². The van der Waals surface area contributed by atoms with E-state index in [-0.39, 0.29) is 5.41 Å². The summed E-state index contributed by atoms with van der Waals surface area (Å²) in [5.41, 5.74) is 27.0. The Balaban J connectivity index is 1.08. The van der Waals surface area contributed by atoms with Gasteiger partial charge in [0.1, 0.15) is 0 Å². The molecule has 0 amide bonds. The number of hydrogen-bond acceptors (Lipinski definition) is 1. The van der Waals surface area contributed by atoms with E-state index in [1.54, 1.807) is 33.5 Å². The standard InChI is InChI=1S/C63H55N/c1-63(2)54-26-14-25-52(41-17-8-4-9-18-41)61(54)53-36-35-51(39-55(53)63)64(50-24-13-23-49(38-50)48-22-12-21-47(37-48)40-15-6-3-7-16-40)62-59-45-31-27-43(28-32-45)57(59)56(42-19-10-5-11-20-42)58-44-29-33-46(34-30-44)60(58)62/h3-26,35-39,43-46H,27-34H2,1-2H3. The monoisotopic (exact) mass is 825 g/mol. The largest absolute Gasteiger partial charge is 0.310 e. The lowest BCUT2D eigenvalue weighted by atomic mass is 9.57. The number of fused-ring (bicyclic) bond motifs is 7. The quantitative estimate of drug-likeness (QED) is 0.155. The molecule has 1 nitrogen and oxygen atoms in total. The van der Waals surface area contributed by atoms with Crippen molar-refractivity contribution < 1.29 is 0 Å². The minimum Gasteiger partial charge on any atom is -0.310 e. The fourth-order valence-corrected chi connectivity index (χ4v) is 13.5. The topological polar surface area (TPSA) is 3.24 Å². The molecule has 0 spiro atoms. The van der Waals surface area contributed by atoms with Crippen molar-refractivity contribution >= 4 is 17.1 Å². The van der Waals surface area contributed by atoms with Crippen molar-refractivity contribution in [3.63, 3.8) is 0 Å². The normalized spacial score (nSPS) is 20.6. The van der Waals surface area contributed by atoms with Gasteiger partial charge in [0, 0.05) is 16.8 Å². The molecule has 7 aliphatic rings. The van der Waals surface area contributed by atoms with Gasteiger partial charge in [-0.1, -0.05) is 159 Å². The van der Waals surface area contributed by atoms with E-state index >= 15 is 0 Å². The van der Waals surface area contributed by atoms with Gasteiger partial charge in [-0.25, -0.2) is 0 Å². The van der Waals surface area contributed by atoms with Crippen LogP contribution < -0.4 is 4.90 Å². The Bertz CT molecular complexity index is 3040. The van der Waals surface area contributed by atoms with E-state index in [0.29, 0.717) is 23.7 Å². The van der Waals surface area contributed by atoms with E-state index in [1.165, 1.54) is 124 Å². The summed E-state index contributed by atoms with van der Waals surface area (Å²) in [7, 11) is 0. The Morgan fingerprint density at radius 3 is 1.42 bits per heavy atom. The lowest BCUT2D eigenvalue weighted by molar-refractivity contribution is 0.344. The van der Waals surface area contributed by atoms with E-state index in [1.807, 2.05) is 0 Å². The van der Waals surface area contributed by atoms with Gasteiger partial charge < -0.3 is 4.90 Å². The highest BCUT2D eigenvalue weighted by molar-refractivity contribution is 5.96. The van der Waals surface area contributed by atoms with Gasteiger partial charge in [0.2, 0.25) is 0 Å². The summed E-state index contributed by atoms with van der Waals surface area (Å²) < 4.78 is 0. The fourth-order valence-electron chi connectivity index (χ4n) is 13.5. The maximum absolute atomic E-state index is 2.80. The molecule has 0 aliphatic heterocycles. The molecule has 0 N–H and O–H groups in total. The van der Waals surface area contributed by atoms with Gasteiger partial charge in [-0.2, -0.15) is 0 Å². The van der Waals surface area contributed by atoms with Crippen molar-refractivity contribution in [1.82, 2.24) is 0 Å². The van der Waals surface area contributed by atoms with Crippen LogP contribution in [0.3, 0.4) is 0 Å². The van der Waals surface area contributed by atoms with Gasteiger partial charge in [-0.15, -0.1) is 0 Å². The van der Waals surface area contributed by atoms with E-state index < -0.39 is 0 Å². The Morgan fingerprint density at radius 1 is 0.344 bits per heavy atom. The minimum absolute atomic E-state index is 0.162. The van der Waals surface area contributed by atoms with Crippen LogP contribution in [0.1, 0.15) is 122 Å². The predicted molar refractivity (Wildman–Crippen MR) is 268 cm³/mol. The second-order valence-corrected chi connectivity index (χ2v) is 20.1. The maximum atomic E-state index is 2.80. The summed E-state index contributed by atoms with van der Waals surface area (Å²) in [6, 6.07) is 66.8. The van der Waals surface area contributed by atoms with Gasteiger partial charge in [0.25, 0.3) is 0 Å². The molecule has 0 radical (unpaired) electrons. The highest BCUT2D eigenvalue weighted by atomic mass is 15.2. The molecular formula is C63H55N.